The number of carbonyl (C=O) groups excluding carboxylic acids is 1. The van der Waals surface area contributed by atoms with Crippen LogP contribution in [0.25, 0.3) is 0 Å². The number of hydrogen-bond donors (Lipinski definition) is 6. The third-order valence-electron chi connectivity index (χ3n) is 8.61. The number of unbranched alkanes of at least 4 members (excludes halogenated alkanes) is 18. The number of rotatable bonds is 28. The lowest BCUT2D eigenvalue weighted by atomic mass is 9.99. The first-order valence-electron chi connectivity index (χ1n) is 17.9. The average molecular weight is 630 g/mol. The number of allylic oxidation sites excluding steroid dienone is 1. The third kappa shape index (κ3) is 18.8. The minimum Gasteiger partial charge on any atom is -0.394 e. The molecule has 0 aromatic carbocycles. The molecule has 1 heterocycles. The molecule has 7 atom stereocenters. The molecule has 0 aliphatic carbocycles. The molecule has 1 aliphatic heterocycles. The van der Waals surface area contributed by atoms with E-state index in [1.54, 1.807) is 6.08 Å². The zero-order valence-electron chi connectivity index (χ0n) is 27.9. The van der Waals surface area contributed by atoms with Gasteiger partial charge in [-0.2, -0.15) is 0 Å². The van der Waals surface area contributed by atoms with Gasteiger partial charge in [-0.05, 0) is 19.3 Å². The minimum atomic E-state index is -1.56. The Balaban J connectivity index is 2.51. The molecule has 1 amide bonds. The minimum absolute atomic E-state index is 0.183. The Morgan fingerprint density at radius 3 is 1.77 bits per heavy atom. The smallest absolute Gasteiger partial charge is 0.220 e. The Morgan fingerprint density at radius 2 is 1.25 bits per heavy atom. The van der Waals surface area contributed by atoms with Gasteiger partial charge in [-0.1, -0.05) is 135 Å². The van der Waals surface area contributed by atoms with Crippen molar-refractivity contribution >= 4 is 5.91 Å². The van der Waals surface area contributed by atoms with Gasteiger partial charge < -0.3 is 40.3 Å². The number of hydrogen-bond acceptors (Lipinski definition) is 8. The molecule has 1 rings (SSSR count). The number of amides is 1. The fourth-order valence-corrected chi connectivity index (χ4v) is 5.62. The molecular formula is C35H67NO8. The molecule has 44 heavy (non-hydrogen) atoms. The van der Waals surface area contributed by atoms with Crippen LogP contribution >= 0.6 is 0 Å². The van der Waals surface area contributed by atoms with Crippen LogP contribution in [0.4, 0.5) is 0 Å². The fraction of sp³-hybridized carbons (Fsp3) is 0.914. The summed E-state index contributed by atoms with van der Waals surface area (Å²) in [6.07, 6.45) is 19.7. The first-order chi connectivity index (χ1) is 21.3. The molecule has 0 spiro atoms. The van der Waals surface area contributed by atoms with E-state index >= 15 is 0 Å². The van der Waals surface area contributed by atoms with Gasteiger partial charge in [0.05, 0.1) is 25.4 Å². The molecule has 1 aliphatic rings. The van der Waals surface area contributed by atoms with E-state index in [0.717, 1.165) is 38.5 Å². The topological polar surface area (TPSA) is 149 Å². The first-order valence-corrected chi connectivity index (χ1v) is 17.9. The number of ether oxygens (including phenoxy) is 2. The molecule has 0 aromatic rings. The standard InChI is InChI=1S/C35H67NO8/c1-3-5-7-9-11-13-14-15-17-18-20-22-24-29(38)28(27-43-35-34(42)33(41)32(40)30(26-37)44-35)36-31(39)25-23-21-19-16-12-10-8-6-4-2/h22,24,28-30,32-35,37-38,40-42H,3-21,23,25-27H2,1-2H3,(H,36,39)/b24-22+/t28-,29+,30+,32-,33-,34+,35+/m0/s1. The molecule has 6 N–H and O–H groups in total. The first kappa shape index (κ1) is 41.0. The highest BCUT2D eigenvalue weighted by Gasteiger charge is 2.44. The van der Waals surface area contributed by atoms with Crippen LogP contribution in [0.3, 0.4) is 0 Å². The number of carbonyl (C=O) groups is 1. The van der Waals surface area contributed by atoms with Crippen molar-refractivity contribution in [2.45, 2.75) is 192 Å². The Kier molecular flexibility index (Phi) is 25.2. The lowest BCUT2D eigenvalue weighted by molar-refractivity contribution is -0.302. The van der Waals surface area contributed by atoms with Crippen LogP contribution in [-0.4, -0.2) is 87.5 Å². The average Bonchev–Trinajstić information content (AvgIpc) is 3.02. The molecule has 0 radical (unpaired) electrons. The Hall–Kier alpha value is -1.07. The largest absolute Gasteiger partial charge is 0.394 e. The highest BCUT2D eigenvalue weighted by molar-refractivity contribution is 5.76. The maximum atomic E-state index is 12.8. The fourth-order valence-electron chi connectivity index (χ4n) is 5.62. The van der Waals surface area contributed by atoms with Gasteiger partial charge in [0.15, 0.2) is 6.29 Å². The van der Waals surface area contributed by atoms with Gasteiger partial charge in [-0.15, -0.1) is 0 Å². The van der Waals surface area contributed by atoms with Crippen LogP contribution in [-0.2, 0) is 14.3 Å². The van der Waals surface area contributed by atoms with Crippen LogP contribution in [0, 0.1) is 0 Å². The summed E-state index contributed by atoms with van der Waals surface area (Å²) in [6, 6.07) is -0.794. The molecule has 260 valence electrons. The van der Waals surface area contributed by atoms with Crippen molar-refractivity contribution in [3.63, 3.8) is 0 Å². The maximum absolute atomic E-state index is 12.8. The van der Waals surface area contributed by atoms with Crippen molar-refractivity contribution in [2.75, 3.05) is 13.2 Å². The molecule has 0 unspecified atom stereocenters. The lowest BCUT2D eigenvalue weighted by Gasteiger charge is -2.40. The molecule has 1 fully saturated rings. The Labute approximate surface area is 267 Å². The highest BCUT2D eigenvalue weighted by Crippen LogP contribution is 2.22. The number of nitrogens with one attached hydrogen (secondary N) is 1. The predicted octanol–water partition coefficient (Wildman–Crippen LogP) is 5.44. The van der Waals surface area contributed by atoms with Gasteiger partial charge in [-0.3, -0.25) is 4.79 Å². The van der Waals surface area contributed by atoms with Gasteiger partial charge in [-0.25, -0.2) is 0 Å². The molecule has 9 nitrogen and oxygen atoms in total. The van der Waals surface area contributed by atoms with Crippen LogP contribution in [0.15, 0.2) is 12.2 Å². The van der Waals surface area contributed by atoms with Gasteiger partial charge in [0, 0.05) is 6.42 Å². The summed E-state index contributed by atoms with van der Waals surface area (Å²) in [5.41, 5.74) is 0. The molecule has 0 bridgehead atoms. The van der Waals surface area contributed by atoms with E-state index in [1.165, 1.54) is 89.9 Å². The van der Waals surface area contributed by atoms with Gasteiger partial charge in [0.25, 0.3) is 0 Å². The summed E-state index contributed by atoms with van der Waals surface area (Å²) in [5.74, 6) is -0.183. The van der Waals surface area contributed by atoms with E-state index in [0.29, 0.717) is 6.42 Å². The second-order valence-electron chi connectivity index (χ2n) is 12.7. The summed E-state index contributed by atoms with van der Waals surface area (Å²) in [6.45, 7) is 3.71. The highest BCUT2D eigenvalue weighted by atomic mass is 16.7. The molecule has 0 saturated carbocycles. The lowest BCUT2D eigenvalue weighted by Crippen LogP contribution is -2.60. The number of aliphatic hydroxyl groups is 5. The van der Waals surface area contributed by atoms with Gasteiger partial charge >= 0.3 is 0 Å². The summed E-state index contributed by atoms with van der Waals surface area (Å²) >= 11 is 0. The summed E-state index contributed by atoms with van der Waals surface area (Å²) < 4.78 is 11.1. The monoisotopic (exact) mass is 629 g/mol. The van der Waals surface area contributed by atoms with E-state index in [9.17, 15) is 30.3 Å². The molecule has 0 aromatic heterocycles. The SMILES string of the molecule is CCCCCCCCCCCC/C=C/[C@@H](O)[C@H](CO[C@@H]1O[C@H](CO)[C@H](O)[C@H](O)[C@H]1O)NC(=O)CCCCCCCCCCC. The quantitative estimate of drug-likeness (QED) is 0.0495. The second kappa shape index (κ2) is 27.1. The van der Waals surface area contributed by atoms with E-state index < -0.39 is 49.5 Å². The van der Waals surface area contributed by atoms with Crippen LogP contribution in [0.5, 0.6) is 0 Å². The van der Waals surface area contributed by atoms with E-state index in [2.05, 4.69) is 19.2 Å². The third-order valence-corrected chi connectivity index (χ3v) is 8.61. The van der Waals surface area contributed by atoms with Crippen molar-refractivity contribution < 1.29 is 39.8 Å². The van der Waals surface area contributed by atoms with Crippen molar-refractivity contribution in [1.29, 1.82) is 0 Å². The zero-order valence-corrected chi connectivity index (χ0v) is 27.9. The molecule has 9 heteroatoms. The molecule has 1 saturated heterocycles. The number of aliphatic hydroxyl groups excluding tert-OH is 5. The van der Waals surface area contributed by atoms with Crippen molar-refractivity contribution in [3.05, 3.63) is 12.2 Å². The Morgan fingerprint density at radius 1 is 0.750 bits per heavy atom. The van der Waals surface area contributed by atoms with Crippen LogP contribution in [0.1, 0.15) is 149 Å². The van der Waals surface area contributed by atoms with E-state index in [1.807, 2.05) is 6.08 Å². The van der Waals surface area contributed by atoms with Crippen LogP contribution in [0.2, 0.25) is 0 Å². The van der Waals surface area contributed by atoms with Gasteiger partial charge in [0.1, 0.15) is 24.4 Å². The van der Waals surface area contributed by atoms with Crippen molar-refractivity contribution in [1.82, 2.24) is 5.32 Å². The van der Waals surface area contributed by atoms with Gasteiger partial charge in [0.2, 0.25) is 5.91 Å². The van der Waals surface area contributed by atoms with Crippen molar-refractivity contribution in [2.24, 2.45) is 0 Å². The second-order valence-corrected chi connectivity index (χ2v) is 12.7. The van der Waals surface area contributed by atoms with Crippen LogP contribution < -0.4 is 5.32 Å². The molecular weight excluding hydrogens is 562 g/mol. The zero-order chi connectivity index (χ0) is 32.4. The van der Waals surface area contributed by atoms with Crippen molar-refractivity contribution in [3.8, 4) is 0 Å². The summed E-state index contributed by atoms with van der Waals surface area (Å²) in [5, 5.41) is 53.7. The van der Waals surface area contributed by atoms with E-state index in [-0.39, 0.29) is 12.5 Å². The predicted molar refractivity (Wildman–Crippen MR) is 175 cm³/mol. The Bertz CT molecular complexity index is 706. The summed E-state index contributed by atoms with van der Waals surface area (Å²) in [7, 11) is 0. The normalized spacial score (nSPS) is 23.7. The van der Waals surface area contributed by atoms with E-state index in [4.69, 9.17) is 9.47 Å². The maximum Gasteiger partial charge on any atom is 0.220 e. The summed E-state index contributed by atoms with van der Waals surface area (Å²) in [4.78, 5) is 12.8.